The number of rotatable bonds is 5. The normalized spacial score (nSPS) is 15.6. The van der Waals surface area contributed by atoms with Gasteiger partial charge in [-0.25, -0.2) is 14.0 Å². The smallest absolute Gasteiger partial charge is 0.337 e. The predicted octanol–water partition coefficient (Wildman–Crippen LogP) is 3.08. The minimum absolute atomic E-state index is 0.127. The third kappa shape index (κ3) is 3.32. The zero-order chi connectivity index (χ0) is 15.6. The maximum Gasteiger partial charge on any atom is 0.337 e. The molecular formula is C15H19FN2O3. The highest BCUT2D eigenvalue weighted by atomic mass is 19.1. The second-order valence-corrected chi connectivity index (χ2v) is 5.79. The summed E-state index contributed by atoms with van der Waals surface area (Å²) in [5.41, 5.74) is -0.450. The summed E-state index contributed by atoms with van der Waals surface area (Å²) < 4.78 is 13.7. The minimum Gasteiger partial charge on any atom is -0.478 e. The highest BCUT2D eigenvalue weighted by molar-refractivity contribution is 6.00. The average Bonchev–Trinajstić information content (AvgIpc) is 3.19. The van der Waals surface area contributed by atoms with Gasteiger partial charge in [-0.05, 0) is 36.3 Å². The lowest BCUT2D eigenvalue weighted by atomic mass is 9.92. The molecule has 5 nitrogen and oxygen atoms in total. The summed E-state index contributed by atoms with van der Waals surface area (Å²) in [4.78, 5) is 22.9. The number of carbonyl (C=O) groups excluding carboxylic acids is 1. The lowest BCUT2D eigenvalue weighted by molar-refractivity contribution is 0.0697. The number of hydrogen-bond donors (Lipinski definition) is 3. The van der Waals surface area contributed by atoms with Gasteiger partial charge in [0.25, 0.3) is 0 Å². The van der Waals surface area contributed by atoms with Crippen LogP contribution in [-0.4, -0.2) is 23.7 Å². The largest absolute Gasteiger partial charge is 0.478 e. The summed E-state index contributed by atoms with van der Waals surface area (Å²) >= 11 is 0. The van der Waals surface area contributed by atoms with E-state index in [2.05, 4.69) is 24.5 Å². The molecule has 2 amide bonds. The molecule has 0 aliphatic heterocycles. The van der Waals surface area contributed by atoms with Crippen LogP contribution in [0.5, 0.6) is 0 Å². The first-order valence-corrected chi connectivity index (χ1v) is 6.92. The number of benzene rings is 1. The molecule has 0 radical (unpaired) electrons. The van der Waals surface area contributed by atoms with Crippen LogP contribution in [0.2, 0.25) is 0 Å². The Balaban J connectivity index is 2.02. The molecule has 1 saturated carbocycles. The molecule has 2 rings (SSSR count). The quantitative estimate of drug-likeness (QED) is 0.781. The monoisotopic (exact) mass is 294 g/mol. The Morgan fingerprint density at radius 2 is 2.05 bits per heavy atom. The van der Waals surface area contributed by atoms with Gasteiger partial charge in [0.1, 0.15) is 5.82 Å². The van der Waals surface area contributed by atoms with Crippen molar-refractivity contribution in [3.05, 3.63) is 29.6 Å². The number of amides is 2. The van der Waals surface area contributed by atoms with Crippen molar-refractivity contribution in [1.29, 1.82) is 0 Å². The third-order valence-corrected chi connectivity index (χ3v) is 4.20. The van der Waals surface area contributed by atoms with Crippen molar-refractivity contribution >= 4 is 17.7 Å². The molecule has 0 heterocycles. The van der Waals surface area contributed by atoms with Gasteiger partial charge in [-0.15, -0.1) is 0 Å². The summed E-state index contributed by atoms with van der Waals surface area (Å²) in [6.07, 6.45) is 2.12. The number of urea groups is 1. The van der Waals surface area contributed by atoms with Gasteiger partial charge in [0, 0.05) is 6.54 Å². The van der Waals surface area contributed by atoms with Gasteiger partial charge < -0.3 is 15.7 Å². The SMILES string of the molecule is CC(C)C1(CNC(=O)Nc2c(F)cccc2C(=O)O)CC1. The van der Waals surface area contributed by atoms with Crippen molar-refractivity contribution in [2.24, 2.45) is 11.3 Å². The Bertz CT molecular complexity index is 568. The zero-order valence-electron chi connectivity index (χ0n) is 12.1. The second kappa shape index (κ2) is 5.71. The fourth-order valence-corrected chi connectivity index (χ4v) is 2.36. The van der Waals surface area contributed by atoms with Crippen molar-refractivity contribution in [3.63, 3.8) is 0 Å². The predicted molar refractivity (Wildman–Crippen MR) is 76.9 cm³/mol. The molecule has 0 aromatic heterocycles. The van der Waals surface area contributed by atoms with Crippen LogP contribution in [0.4, 0.5) is 14.9 Å². The Labute approximate surface area is 122 Å². The number of carboxylic acids is 1. The summed E-state index contributed by atoms with van der Waals surface area (Å²) in [6.45, 7) is 4.71. The van der Waals surface area contributed by atoms with E-state index in [0.29, 0.717) is 12.5 Å². The molecule has 0 bridgehead atoms. The number of nitrogens with one attached hydrogen (secondary N) is 2. The van der Waals surface area contributed by atoms with E-state index in [4.69, 9.17) is 5.11 Å². The highest BCUT2D eigenvalue weighted by Gasteiger charge is 2.45. The number of hydrogen-bond acceptors (Lipinski definition) is 2. The third-order valence-electron chi connectivity index (χ3n) is 4.20. The van der Waals surface area contributed by atoms with Crippen LogP contribution in [0.15, 0.2) is 18.2 Å². The summed E-state index contributed by atoms with van der Waals surface area (Å²) in [6, 6.07) is 3.06. The molecule has 1 aromatic rings. The van der Waals surface area contributed by atoms with Gasteiger partial charge >= 0.3 is 12.0 Å². The topological polar surface area (TPSA) is 78.4 Å². The molecular weight excluding hydrogens is 275 g/mol. The van der Waals surface area contributed by atoms with E-state index in [1.165, 1.54) is 12.1 Å². The zero-order valence-corrected chi connectivity index (χ0v) is 12.1. The molecule has 3 N–H and O–H groups in total. The fourth-order valence-electron chi connectivity index (χ4n) is 2.36. The number of carbonyl (C=O) groups is 2. The Kier molecular flexibility index (Phi) is 4.16. The van der Waals surface area contributed by atoms with Crippen LogP contribution in [-0.2, 0) is 0 Å². The number of aromatic carboxylic acids is 1. The van der Waals surface area contributed by atoms with Crippen LogP contribution in [0.3, 0.4) is 0 Å². The highest BCUT2D eigenvalue weighted by Crippen LogP contribution is 2.51. The number of halogens is 1. The van der Waals surface area contributed by atoms with Crippen LogP contribution < -0.4 is 10.6 Å². The van der Waals surface area contributed by atoms with Crippen molar-refractivity contribution in [2.45, 2.75) is 26.7 Å². The Morgan fingerprint density at radius 3 is 2.57 bits per heavy atom. The van der Waals surface area contributed by atoms with Gasteiger partial charge in [0.15, 0.2) is 0 Å². The van der Waals surface area contributed by atoms with Crippen LogP contribution >= 0.6 is 0 Å². The first kappa shape index (κ1) is 15.3. The van der Waals surface area contributed by atoms with E-state index in [1.807, 2.05) is 0 Å². The number of carboxylic acid groups (broad SMARTS) is 1. The van der Waals surface area contributed by atoms with Crippen molar-refractivity contribution in [2.75, 3.05) is 11.9 Å². The molecule has 1 fully saturated rings. The maximum absolute atomic E-state index is 13.7. The number of para-hydroxylation sites is 1. The van der Waals surface area contributed by atoms with E-state index in [9.17, 15) is 14.0 Å². The molecule has 21 heavy (non-hydrogen) atoms. The number of anilines is 1. The molecule has 1 aromatic carbocycles. The Hall–Kier alpha value is -2.11. The van der Waals surface area contributed by atoms with Crippen molar-refractivity contribution in [1.82, 2.24) is 5.32 Å². The fraction of sp³-hybridized carbons (Fsp3) is 0.467. The molecule has 6 heteroatoms. The van der Waals surface area contributed by atoms with Crippen LogP contribution in [0.1, 0.15) is 37.0 Å². The summed E-state index contributed by atoms with van der Waals surface area (Å²) in [5.74, 6) is -1.60. The lowest BCUT2D eigenvalue weighted by Gasteiger charge is -2.20. The molecule has 1 aliphatic carbocycles. The minimum atomic E-state index is -1.29. The van der Waals surface area contributed by atoms with Crippen LogP contribution in [0, 0.1) is 17.2 Å². The molecule has 0 atom stereocenters. The Morgan fingerprint density at radius 1 is 1.38 bits per heavy atom. The van der Waals surface area contributed by atoms with Gasteiger partial charge in [0.05, 0.1) is 11.3 Å². The second-order valence-electron chi connectivity index (χ2n) is 5.79. The van der Waals surface area contributed by atoms with E-state index >= 15 is 0 Å². The first-order valence-electron chi connectivity index (χ1n) is 6.92. The standard InChI is InChI=1S/C15H19FN2O3/c1-9(2)15(6-7-15)8-17-14(21)18-12-10(13(19)20)4-3-5-11(12)16/h3-5,9H,6-8H2,1-2H3,(H,19,20)(H2,17,18,21). The summed E-state index contributed by atoms with van der Waals surface area (Å²) in [5, 5.41) is 14.0. The average molecular weight is 294 g/mol. The van der Waals surface area contributed by atoms with E-state index in [0.717, 1.165) is 18.9 Å². The van der Waals surface area contributed by atoms with Gasteiger partial charge in [-0.3, -0.25) is 0 Å². The molecule has 0 unspecified atom stereocenters. The van der Waals surface area contributed by atoms with Gasteiger partial charge in [-0.2, -0.15) is 0 Å². The lowest BCUT2D eigenvalue weighted by Crippen LogP contribution is -2.36. The summed E-state index contributed by atoms with van der Waals surface area (Å²) in [7, 11) is 0. The molecule has 1 aliphatic rings. The van der Waals surface area contributed by atoms with Gasteiger partial charge in [0.2, 0.25) is 0 Å². The van der Waals surface area contributed by atoms with E-state index < -0.39 is 17.8 Å². The molecule has 114 valence electrons. The first-order chi connectivity index (χ1) is 9.85. The van der Waals surface area contributed by atoms with Gasteiger partial charge in [-0.1, -0.05) is 19.9 Å². The van der Waals surface area contributed by atoms with E-state index in [-0.39, 0.29) is 16.7 Å². The maximum atomic E-state index is 13.7. The molecule has 0 saturated heterocycles. The van der Waals surface area contributed by atoms with E-state index in [1.54, 1.807) is 0 Å². The van der Waals surface area contributed by atoms with Crippen molar-refractivity contribution in [3.8, 4) is 0 Å². The molecule has 0 spiro atoms. The van der Waals surface area contributed by atoms with Crippen LogP contribution in [0.25, 0.3) is 0 Å². The van der Waals surface area contributed by atoms with Crippen molar-refractivity contribution < 1.29 is 19.1 Å².